The van der Waals surface area contributed by atoms with Gasteiger partial charge in [-0.25, -0.2) is 0 Å². The molecule has 0 N–H and O–H groups in total. The molecule has 0 radical (unpaired) electrons. The summed E-state index contributed by atoms with van der Waals surface area (Å²) in [5.41, 5.74) is 2.51. The minimum Gasteiger partial charge on any atom is -1.00 e. The van der Waals surface area contributed by atoms with Crippen molar-refractivity contribution in [2.75, 3.05) is 0 Å². The molecule has 0 aliphatic rings. The molecule has 0 bridgehead atoms. The number of pyridine rings is 1. The standard InChI is InChI=1S/C7H8N3.ClH/c1-5-3-7(10-8)4-9-6(5)2;/h3-4H,1-2H3;1H/q+1;/p-1. The second kappa shape index (κ2) is 3.89. The van der Waals surface area contributed by atoms with Gasteiger partial charge in [0.1, 0.15) is 6.20 Å². The summed E-state index contributed by atoms with van der Waals surface area (Å²) in [5.74, 6) is 0. The lowest BCUT2D eigenvalue weighted by molar-refractivity contribution is -0.00000251. The predicted molar refractivity (Wildman–Crippen MR) is 38.5 cm³/mol. The molecule has 0 saturated carbocycles. The predicted octanol–water partition coefficient (Wildman–Crippen LogP) is -0.813. The van der Waals surface area contributed by atoms with E-state index >= 15 is 0 Å². The Morgan fingerprint density at radius 3 is 2.55 bits per heavy atom. The van der Waals surface area contributed by atoms with Gasteiger partial charge >= 0.3 is 5.69 Å². The van der Waals surface area contributed by atoms with Crippen LogP contribution in [0.1, 0.15) is 11.3 Å². The normalized spacial score (nSPS) is 8.09. The number of rotatable bonds is 0. The first-order chi connectivity index (χ1) is 4.74. The van der Waals surface area contributed by atoms with E-state index in [-0.39, 0.29) is 12.4 Å². The maximum Gasteiger partial charge on any atom is 0.403 e. The first-order valence-electron chi connectivity index (χ1n) is 3.02. The quantitative estimate of drug-likeness (QED) is 0.477. The molecule has 4 heteroatoms. The lowest BCUT2D eigenvalue weighted by Crippen LogP contribution is -3.00. The molecule has 0 aliphatic heterocycles. The van der Waals surface area contributed by atoms with Crippen LogP contribution in [0.4, 0.5) is 5.69 Å². The molecule has 0 aromatic carbocycles. The average Bonchev–Trinajstić information content (AvgIpc) is 1.95. The zero-order valence-electron chi connectivity index (χ0n) is 6.37. The second-order valence-corrected chi connectivity index (χ2v) is 2.20. The molecule has 0 unspecified atom stereocenters. The zero-order chi connectivity index (χ0) is 7.56. The fraction of sp³-hybridized carbons (Fsp3) is 0.286. The number of hydrogen-bond acceptors (Lipinski definition) is 2. The van der Waals surface area contributed by atoms with Crippen molar-refractivity contribution in [1.82, 2.24) is 4.98 Å². The Kier molecular flexibility index (Phi) is 3.49. The Hall–Kier alpha value is -1.14. The molecule has 1 aromatic rings. The first-order valence-corrected chi connectivity index (χ1v) is 3.02. The van der Waals surface area contributed by atoms with Crippen LogP contribution in [0.2, 0.25) is 0 Å². The zero-order valence-corrected chi connectivity index (χ0v) is 7.13. The van der Waals surface area contributed by atoms with Crippen molar-refractivity contribution in [2.45, 2.75) is 13.8 Å². The van der Waals surface area contributed by atoms with Gasteiger partial charge in [-0.1, -0.05) is 0 Å². The van der Waals surface area contributed by atoms with Crippen LogP contribution in [0, 0.1) is 19.2 Å². The van der Waals surface area contributed by atoms with Crippen LogP contribution in [0.3, 0.4) is 0 Å². The molecule has 0 spiro atoms. The monoisotopic (exact) mass is 169 g/mol. The second-order valence-electron chi connectivity index (χ2n) is 2.20. The van der Waals surface area contributed by atoms with Gasteiger partial charge in [0.05, 0.1) is 0 Å². The van der Waals surface area contributed by atoms with Gasteiger partial charge in [-0.15, -0.1) is 0 Å². The molecule has 0 atom stereocenters. The van der Waals surface area contributed by atoms with Crippen LogP contribution >= 0.6 is 0 Å². The summed E-state index contributed by atoms with van der Waals surface area (Å²) in [6, 6.07) is 1.78. The molecule has 3 nitrogen and oxygen atoms in total. The molecule has 0 saturated heterocycles. The SMILES string of the molecule is Cc1cc([N+]#N)cnc1C.[Cl-]. The van der Waals surface area contributed by atoms with Gasteiger partial charge in [-0.2, -0.15) is 0 Å². The third kappa shape index (κ3) is 2.17. The lowest BCUT2D eigenvalue weighted by Gasteiger charge is -1.91. The Balaban J connectivity index is 0.000001000. The van der Waals surface area contributed by atoms with Crippen LogP contribution in [0.25, 0.3) is 4.98 Å². The molecular formula is C7H8ClN3. The van der Waals surface area contributed by atoms with Crippen molar-refractivity contribution >= 4 is 5.69 Å². The van der Waals surface area contributed by atoms with Crippen molar-refractivity contribution in [1.29, 1.82) is 5.39 Å². The molecule has 0 aliphatic carbocycles. The van der Waals surface area contributed by atoms with E-state index in [1.54, 1.807) is 6.07 Å². The number of hydrogen-bond donors (Lipinski definition) is 0. The molecule has 0 fully saturated rings. The summed E-state index contributed by atoms with van der Waals surface area (Å²) in [4.78, 5) is 7.01. The van der Waals surface area contributed by atoms with Crippen molar-refractivity contribution in [2.24, 2.45) is 0 Å². The van der Waals surface area contributed by atoms with Crippen LogP contribution in [-0.2, 0) is 0 Å². The van der Waals surface area contributed by atoms with E-state index in [2.05, 4.69) is 9.96 Å². The Labute approximate surface area is 71.5 Å². The highest BCUT2D eigenvalue weighted by Crippen LogP contribution is 2.13. The largest absolute Gasteiger partial charge is 1.00 e. The van der Waals surface area contributed by atoms with Gasteiger partial charge in [0.15, 0.2) is 4.98 Å². The molecule has 1 aromatic heterocycles. The van der Waals surface area contributed by atoms with E-state index in [4.69, 9.17) is 5.39 Å². The van der Waals surface area contributed by atoms with Crippen molar-refractivity contribution < 1.29 is 12.4 Å². The van der Waals surface area contributed by atoms with Gasteiger partial charge in [0.2, 0.25) is 5.39 Å². The maximum atomic E-state index is 8.34. The Bertz CT molecular complexity index is 290. The molecule has 1 heterocycles. The van der Waals surface area contributed by atoms with Crippen LogP contribution < -0.4 is 12.4 Å². The van der Waals surface area contributed by atoms with Crippen molar-refractivity contribution in [3.05, 3.63) is 28.5 Å². The molecule has 1 rings (SSSR count). The number of aryl methyl sites for hydroxylation is 2. The fourth-order valence-corrected chi connectivity index (χ4v) is 0.683. The van der Waals surface area contributed by atoms with E-state index in [0.29, 0.717) is 5.69 Å². The maximum absolute atomic E-state index is 8.34. The fourth-order valence-electron chi connectivity index (χ4n) is 0.683. The third-order valence-corrected chi connectivity index (χ3v) is 1.44. The smallest absolute Gasteiger partial charge is 0.403 e. The molecule has 58 valence electrons. The van der Waals surface area contributed by atoms with E-state index in [9.17, 15) is 0 Å². The Morgan fingerprint density at radius 2 is 2.09 bits per heavy atom. The van der Waals surface area contributed by atoms with E-state index in [0.717, 1.165) is 11.3 Å². The number of diazo groups is 1. The van der Waals surface area contributed by atoms with Crippen molar-refractivity contribution in [3.8, 4) is 0 Å². The number of nitrogens with zero attached hydrogens (tertiary/aromatic N) is 3. The van der Waals surface area contributed by atoms with Crippen LogP contribution in [0.15, 0.2) is 12.3 Å². The minimum atomic E-state index is 0. The van der Waals surface area contributed by atoms with Gasteiger partial charge in [0, 0.05) is 11.8 Å². The summed E-state index contributed by atoms with van der Waals surface area (Å²) in [6.07, 6.45) is 1.53. The van der Waals surface area contributed by atoms with Gasteiger partial charge in [-0.05, 0) is 19.4 Å². The molecule has 11 heavy (non-hydrogen) atoms. The average molecular weight is 170 g/mol. The molecular weight excluding hydrogens is 162 g/mol. The summed E-state index contributed by atoms with van der Waals surface area (Å²) < 4.78 is 0. The first kappa shape index (κ1) is 9.86. The number of aromatic nitrogens is 1. The van der Waals surface area contributed by atoms with E-state index < -0.39 is 0 Å². The topological polar surface area (TPSA) is 41.0 Å². The van der Waals surface area contributed by atoms with Gasteiger partial charge in [0.25, 0.3) is 0 Å². The highest BCUT2D eigenvalue weighted by atomic mass is 35.5. The third-order valence-electron chi connectivity index (χ3n) is 1.44. The van der Waals surface area contributed by atoms with Crippen molar-refractivity contribution in [3.63, 3.8) is 0 Å². The summed E-state index contributed by atoms with van der Waals surface area (Å²) in [7, 11) is 0. The van der Waals surface area contributed by atoms with Crippen LogP contribution in [-0.4, -0.2) is 4.98 Å². The van der Waals surface area contributed by atoms with E-state index in [1.165, 1.54) is 6.20 Å². The summed E-state index contributed by atoms with van der Waals surface area (Å²) in [6.45, 7) is 3.84. The highest BCUT2D eigenvalue weighted by molar-refractivity contribution is 5.44. The Morgan fingerprint density at radius 1 is 1.45 bits per heavy atom. The van der Waals surface area contributed by atoms with E-state index in [1.807, 2.05) is 13.8 Å². The molecule has 0 amide bonds. The van der Waals surface area contributed by atoms with Gasteiger partial charge < -0.3 is 12.4 Å². The highest BCUT2D eigenvalue weighted by Gasteiger charge is 2.04. The number of halogens is 1. The summed E-state index contributed by atoms with van der Waals surface area (Å²) >= 11 is 0. The lowest BCUT2D eigenvalue weighted by atomic mass is 10.2. The summed E-state index contributed by atoms with van der Waals surface area (Å²) in [5, 5.41) is 8.34. The van der Waals surface area contributed by atoms with Crippen LogP contribution in [0.5, 0.6) is 0 Å². The minimum absolute atomic E-state index is 0. The van der Waals surface area contributed by atoms with Gasteiger partial charge in [-0.3, -0.25) is 4.98 Å².